The first-order chi connectivity index (χ1) is 7.75. The van der Waals surface area contributed by atoms with Crippen LogP contribution in [0.3, 0.4) is 0 Å². The smallest absolute Gasteiger partial charge is 0.0511 e. The molecule has 0 aromatic heterocycles. The molecule has 1 N–H and O–H groups in total. The van der Waals surface area contributed by atoms with Crippen molar-refractivity contribution >= 4 is 39.9 Å². The van der Waals surface area contributed by atoms with Crippen molar-refractivity contribution < 1.29 is 4.74 Å². The highest BCUT2D eigenvalue weighted by molar-refractivity contribution is 14.1. The Morgan fingerprint density at radius 3 is 3.06 bits per heavy atom. The second kappa shape index (κ2) is 6.07. The molecule has 0 radical (unpaired) electrons. The molecule has 1 fully saturated rings. The Morgan fingerprint density at radius 1 is 1.50 bits per heavy atom. The van der Waals surface area contributed by atoms with Crippen molar-refractivity contribution in [3.63, 3.8) is 0 Å². The van der Waals surface area contributed by atoms with E-state index in [-0.39, 0.29) is 0 Å². The van der Waals surface area contributed by atoms with Gasteiger partial charge in [0.2, 0.25) is 0 Å². The van der Waals surface area contributed by atoms with Crippen LogP contribution in [-0.4, -0.2) is 19.8 Å². The molecule has 1 aromatic carbocycles. The molecule has 1 aliphatic rings. The van der Waals surface area contributed by atoms with E-state index in [0.29, 0.717) is 5.92 Å². The van der Waals surface area contributed by atoms with Gasteiger partial charge in [0.1, 0.15) is 0 Å². The van der Waals surface area contributed by atoms with Crippen LogP contribution in [0.2, 0.25) is 5.02 Å². The van der Waals surface area contributed by atoms with Gasteiger partial charge in [-0.1, -0.05) is 11.6 Å². The van der Waals surface area contributed by atoms with Crippen molar-refractivity contribution in [3.05, 3.63) is 26.8 Å². The van der Waals surface area contributed by atoms with Crippen molar-refractivity contribution in [2.24, 2.45) is 5.92 Å². The fourth-order valence-electron chi connectivity index (χ4n) is 1.86. The average molecular weight is 352 g/mol. The maximum atomic E-state index is 5.91. The summed E-state index contributed by atoms with van der Waals surface area (Å²) in [5.41, 5.74) is 1.16. The van der Waals surface area contributed by atoms with Gasteiger partial charge in [0.15, 0.2) is 0 Å². The Hall–Kier alpha value is -0.000000000000000111. The Kier molecular flexibility index (Phi) is 4.73. The lowest BCUT2D eigenvalue weighted by Gasteiger charge is -2.23. The molecule has 1 aliphatic heterocycles. The first-order valence-electron chi connectivity index (χ1n) is 5.52. The van der Waals surface area contributed by atoms with E-state index in [1.54, 1.807) is 0 Å². The number of benzene rings is 1. The zero-order chi connectivity index (χ0) is 11.4. The molecule has 16 heavy (non-hydrogen) atoms. The summed E-state index contributed by atoms with van der Waals surface area (Å²) in [5, 5.41) is 4.25. The molecular formula is C12H15ClINO. The lowest BCUT2D eigenvalue weighted by Crippen LogP contribution is -2.24. The minimum Gasteiger partial charge on any atom is -0.384 e. The third-order valence-electron chi connectivity index (χ3n) is 2.77. The summed E-state index contributed by atoms with van der Waals surface area (Å²) in [7, 11) is 0. The van der Waals surface area contributed by atoms with Crippen LogP contribution in [0.4, 0.5) is 5.69 Å². The van der Waals surface area contributed by atoms with Crippen LogP contribution in [0.15, 0.2) is 18.2 Å². The first kappa shape index (κ1) is 12.5. The number of halogens is 2. The van der Waals surface area contributed by atoms with Crippen molar-refractivity contribution in [3.8, 4) is 0 Å². The summed E-state index contributed by atoms with van der Waals surface area (Å²) >= 11 is 8.22. The molecule has 1 atom stereocenters. The van der Waals surface area contributed by atoms with Crippen molar-refractivity contribution in [1.82, 2.24) is 0 Å². The molecule has 1 heterocycles. The third kappa shape index (κ3) is 3.50. The normalized spacial score (nSPS) is 20.8. The number of nitrogens with one attached hydrogen (secondary N) is 1. The van der Waals surface area contributed by atoms with Crippen molar-refractivity contribution in [2.45, 2.75) is 12.8 Å². The quantitative estimate of drug-likeness (QED) is 0.837. The van der Waals surface area contributed by atoms with Crippen LogP contribution in [0.1, 0.15) is 12.8 Å². The van der Waals surface area contributed by atoms with Gasteiger partial charge in [-0.15, -0.1) is 0 Å². The topological polar surface area (TPSA) is 21.3 Å². The highest BCUT2D eigenvalue weighted by Crippen LogP contribution is 2.23. The van der Waals surface area contributed by atoms with E-state index < -0.39 is 0 Å². The predicted octanol–water partition coefficient (Wildman–Crippen LogP) is 3.78. The summed E-state index contributed by atoms with van der Waals surface area (Å²) in [6.45, 7) is 2.80. The van der Waals surface area contributed by atoms with Crippen LogP contribution in [-0.2, 0) is 4.74 Å². The highest BCUT2D eigenvalue weighted by atomic mass is 127. The average Bonchev–Trinajstić information content (AvgIpc) is 2.29. The molecule has 0 spiro atoms. The number of rotatable bonds is 3. The van der Waals surface area contributed by atoms with Gasteiger partial charge in [0, 0.05) is 27.4 Å². The fourth-order valence-corrected chi connectivity index (χ4v) is 2.92. The van der Waals surface area contributed by atoms with Crippen molar-refractivity contribution in [2.75, 3.05) is 25.1 Å². The van der Waals surface area contributed by atoms with E-state index in [1.807, 2.05) is 18.2 Å². The minimum atomic E-state index is 0.639. The van der Waals surface area contributed by atoms with Gasteiger partial charge in [-0.2, -0.15) is 0 Å². The Labute approximate surface area is 115 Å². The van der Waals surface area contributed by atoms with E-state index in [9.17, 15) is 0 Å². The number of hydrogen-bond acceptors (Lipinski definition) is 2. The summed E-state index contributed by atoms with van der Waals surface area (Å²) in [6, 6.07) is 5.93. The van der Waals surface area contributed by atoms with Gasteiger partial charge in [0.05, 0.1) is 6.61 Å². The first-order valence-corrected chi connectivity index (χ1v) is 6.98. The molecular weight excluding hydrogens is 336 g/mol. The van der Waals surface area contributed by atoms with E-state index in [2.05, 4.69) is 27.9 Å². The summed E-state index contributed by atoms with van der Waals surface area (Å²) in [6.07, 6.45) is 2.45. The molecule has 0 saturated carbocycles. The SMILES string of the molecule is Clc1ccc(NCC2CCCOC2)c(I)c1. The second-order valence-corrected chi connectivity index (χ2v) is 5.69. The minimum absolute atomic E-state index is 0.639. The largest absolute Gasteiger partial charge is 0.384 e. The van der Waals surface area contributed by atoms with Gasteiger partial charge in [-0.25, -0.2) is 0 Å². The van der Waals surface area contributed by atoms with Gasteiger partial charge in [0.25, 0.3) is 0 Å². The molecule has 2 rings (SSSR count). The van der Waals surface area contributed by atoms with Gasteiger partial charge < -0.3 is 10.1 Å². The summed E-state index contributed by atoms with van der Waals surface area (Å²) in [4.78, 5) is 0. The van der Waals surface area contributed by atoms with Crippen LogP contribution in [0.5, 0.6) is 0 Å². The summed E-state index contributed by atoms with van der Waals surface area (Å²) in [5.74, 6) is 0.639. The standard InChI is InChI=1S/C12H15ClINO/c13-10-3-4-12(11(14)6-10)15-7-9-2-1-5-16-8-9/h3-4,6,9,15H,1-2,5,7-8H2. The van der Waals surface area contributed by atoms with E-state index >= 15 is 0 Å². The molecule has 0 aliphatic carbocycles. The highest BCUT2D eigenvalue weighted by Gasteiger charge is 2.13. The van der Waals surface area contributed by atoms with Crippen LogP contribution >= 0.6 is 34.2 Å². The Morgan fingerprint density at radius 2 is 2.38 bits per heavy atom. The van der Waals surface area contributed by atoms with Crippen LogP contribution in [0.25, 0.3) is 0 Å². The molecule has 1 unspecified atom stereocenters. The maximum absolute atomic E-state index is 5.91. The molecule has 2 nitrogen and oxygen atoms in total. The van der Waals surface area contributed by atoms with Crippen LogP contribution < -0.4 is 5.32 Å². The third-order valence-corrected chi connectivity index (χ3v) is 3.89. The summed E-state index contributed by atoms with van der Waals surface area (Å²) < 4.78 is 6.63. The number of anilines is 1. The fraction of sp³-hybridized carbons (Fsp3) is 0.500. The number of ether oxygens (including phenoxy) is 1. The monoisotopic (exact) mass is 351 g/mol. The molecule has 88 valence electrons. The molecule has 0 amide bonds. The van der Waals surface area contributed by atoms with Crippen LogP contribution in [0, 0.1) is 9.49 Å². The zero-order valence-corrected chi connectivity index (χ0v) is 11.9. The molecule has 4 heteroatoms. The predicted molar refractivity (Wildman–Crippen MR) is 76.2 cm³/mol. The zero-order valence-electron chi connectivity index (χ0n) is 9.01. The van der Waals surface area contributed by atoms with Gasteiger partial charge in [-0.05, 0) is 59.5 Å². The maximum Gasteiger partial charge on any atom is 0.0511 e. The lowest BCUT2D eigenvalue weighted by molar-refractivity contribution is 0.0595. The molecule has 1 saturated heterocycles. The Bertz CT molecular complexity index is 353. The second-order valence-electron chi connectivity index (χ2n) is 4.09. The Balaban J connectivity index is 1.88. The molecule has 1 aromatic rings. The van der Waals surface area contributed by atoms with E-state index in [4.69, 9.17) is 16.3 Å². The van der Waals surface area contributed by atoms with Gasteiger partial charge in [-0.3, -0.25) is 0 Å². The van der Waals surface area contributed by atoms with Crippen molar-refractivity contribution in [1.29, 1.82) is 0 Å². The number of hydrogen-bond donors (Lipinski definition) is 1. The van der Waals surface area contributed by atoms with E-state index in [0.717, 1.165) is 30.5 Å². The molecule has 0 bridgehead atoms. The van der Waals surface area contributed by atoms with E-state index in [1.165, 1.54) is 16.4 Å². The van der Waals surface area contributed by atoms with Gasteiger partial charge >= 0.3 is 0 Å². The lowest BCUT2D eigenvalue weighted by atomic mass is 10.0.